The Morgan fingerprint density at radius 2 is 1.78 bits per heavy atom. The van der Waals surface area contributed by atoms with Crippen LogP contribution >= 0.6 is 22.9 Å². The number of hydrogen-bond donors (Lipinski definition) is 2. The lowest BCUT2D eigenvalue weighted by molar-refractivity contribution is -0.132. The van der Waals surface area contributed by atoms with Crippen LogP contribution in [-0.2, 0) is 9.59 Å². The normalized spacial score (nSPS) is 17.1. The molecular formula is C26H19ClN2O6S. The number of aromatic nitrogens is 1. The first-order valence-electron chi connectivity index (χ1n) is 10.7. The molecule has 1 fully saturated rings. The Kier molecular flexibility index (Phi) is 6.03. The number of ketones is 1. The SMILES string of the molecule is COc1ccc2nc(N3C(=O)C(=O)C(=C(O)c4ccc(Cl)cc4)C3c3ccc(O)c(OC)c3)sc2c1. The minimum atomic E-state index is -1.03. The fraction of sp³-hybridized carbons (Fsp3) is 0.115. The van der Waals surface area contributed by atoms with E-state index in [0.29, 0.717) is 27.4 Å². The summed E-state index contributed by atoms with van der Waals surface area (Å²) in [5, 5.41) is 22.1. The molecule has 1 unspecified atom stereocenters. The Labute approximate surface area is 214 Å². The maximum Gasteiger partial charge on any atom is 0.301 e. The molecule has 3 aromatic carbocycles. The molecule has 1 atom stereocenters. The average Bonchev–Trinajstić information content (AvgIpc) is 3.42. The molecule has 36 heavy (non-hydrogen) atoms. The lowest BCUT2D eigenvalue weighted by atomic mass is 9.95. The van der Waals surface area contributed by atoms with Gasteiger partial charge in [-0.2, -0.15) is 0 Å². The van der Waals surface area contributed by atoms with E-state index in [1.807, 2.05) is 0 Å². The van der Waals surface area contributed by atoms with Crippen molar-refractivity contribution in [3.63, 3.8) is 0 Å². The van der Waals surface area contributed by atoms with E-state index < -0.39 is 17.7 Å². The first kappa shape index (κ1) is 23.7. The first-order valence-corrected chi connectivity index (χ1v) is 11.9. The summed E-state index contributed by atoms with van der Waals surface area (Å²) in [5.41, 5.74) is 1.27. The Balaban J connectivity index is 1.74. The van der Waals surface area contributed by atoms with Crippen molar-refractivity contribution in [1.82, 2.24) is 4.98 Å². The molecule has 8 nitrogen and oxygen atoms in total. The number of ether oxygens (including phenoxy) is 2. The van der Waals surface area contributed by atoms with Gasteiger partial charge in [-0.3, -0.25) is 14.5 Å². The smallest absolute Gasteiger partial charge is 0.301 e. The van der Waals surface area contributed by atoms with Gasteiger partial charge in [0, 0.05) is 10.6 Å². The van der Waals surface area contributed by atoms with Crippen LogP contribution in [0, 0.1) is 0 Å². The highest BCUT2D eigenvalue weighted by molar-refractivity contribution is 7.22. The number of fused-ring (bicyclic) bond motifs is 1. The molecule has 2 N–H and O–H groups in total. The van der Waals surface area contributed by atoms with Gasteiger partial charge in [-0.25, -0.2) is 4.98 Å². The number of carbonyl (C=O) groups excluding carboxylic acids is 2. The van der Waals surface area contributed by atoms with Crippen molar-refractivity contribution in [3.05, 3.63) is 82.4 Å². The summed E-state index contributed by atoms with van der Waals surface area (Å²) in [6.07, 6.45) is 0. The zero-order valence-electron chi connectivity index (χ0n) is 19.1. The molecule has 0 spiro atoms. The predicted molar refractivity (Wildman–Crippen MR) is 137 cm³/mol. The quantitative estimate of drug-likeness (QED) is 0.208. The van der Waals surface area contributed by atoms with Gasteiger partial charge in [0.25, 0.3) is 5.78 Å². The number of thiazole rings is 1. The van der Waals surface area contributed by atoms with Gasteiger partial charge >= 0.3 is 5.91 Å². The first-order chi connectivity index (χ1) is 17.3. The van der Waals surface area contributed by atoms with Crippen LogP contribution in [0.5, 0.6) is 17.2 Å². The Hall–Kier alpha value is -4.08. The molecule has 0 saturated carbocycles. The number of rotatable bonds is 5. The second kappa shape index (κ2) is 9.18. The zero-order valence-corrected chi connectivity index (χ0v) is 20.6. The van der Waals surface area contributed by atoms with Crippen molar-refractivity contribution < 1.29 is 29.3 Å². The second-order valence-electron chi connectivity index (χ2n) is 7.94. The van der Waals surface area contributed by atoms with E-state index in [1.54, 1.807) is 55.6 Å². The summed E-state index contributed by atoms with van der Waals surface area (Å²) in [7, 11) is 2.95. The number of nitrogens with zero attached hydrogens (tertiary/aromatic N) is 2. The van der Waals surface area contributed by atoms with Crippen molar-refractivity contribution in [2.45, 2.75) is 6.04 Å². The van der Waals surface area contributed by atoms with E-state index in [-0.39, 0.29) is 28.0 Å². The van der Waals surface area contributed by atoms with Crippen LogP contribution in [0.3, 0.4) is 0 Å². The number of phenolic OH excluding ortho intramolecular Hbond substituents is 1. The van der Waals surface area contributed by atoms with Crippen LogP contribution in [0.1, 0.15) is 17.2 Å². The molecular weight excluding hydrogens is 504 g/mol. The number of anilines is 1. The standard InChI is InChI=1S/C26H19ClN2O6S/c1-34-16-8-9-17-20(12-16)36-26(28-17)29-22(14-5-10-18(30)19(11-14)35-2)21(24(32)25(29)33)23(31)13-3-6-15(27)7-4-13/h3-12,22,30-31H,1-2H3. The van der Waals surface area contributed by atoms with E-state index in [2.05, 4.69) is 4.98 Å². The molecule has 10 heteroatoms. The van der Waals surface area contributed by atoms with Crippen LogP contribution < -0.4 is 14.4 Å². The van der Waals surface area contributed by atoms with Gasteiger partial charge in [0.15, 0.2) is 16.6 Å². The summed E-state index contributed by atoms with van der Waals surface area (Å²) in [5.74, 6) is -1.39. The number of amides is 1. The number of aliphatic hydroxyl groups excluding tert-OH is 1. The van der Waals surface area contributed by atoms with E-state index >= 15 is 0 Å². The molecule has 0 aliphatic carbocycles. The van der Waals surface area contributed by atoms with E-state index in [1.165, 1.54) is 35.5 Å². The number of benzene rings is 3. The molecule has 1 saturated heterocycles. The summed E-state index contributed by atoms with van der Waals surface area (Å²) in [6, 6.07) is 15.0. The summed E-state index contributed by atoms with van der Waals surface area (Å²) >= 11 is 7.20. The Morgan fingerprint density at radius 3 is 2.47 bits per heavy atom. The summed E-state index contributed by atoms with van der Waals surface area (Å²) in [4.78, 5) is 32.6. The third kappa shape index (κ3) is 3.92. The van der Waals surface area contributed by atoms with Crippen molar-refractivity contribution in [3.8, 4) is 17.2 Å². The molecule has 0 bridgehead atoms. The molecule has 2 heterocycles. The molecule has 1 aliphatic heterocycles. The number of phenols is 1. The van der Waals surface area contributed by atoms with Crippen LogP contribution in [-0.4, -0.2) is 41.1 Å². The highest BCUT2D eigenvalue weighted by Crippen LogP contribution is 2.46. The fourth-order valence-corrected chi connectivity index (χ4v) is 5.24. The van der Waals surface area contributed by atoms with Crippen LogP contribution in [0.4, 0.5) is 5.13 Å². The van der Waals surface area contributed by atoms with Gasteiger partial charge in [0.05, 0.1) is 36.1 Å². The molecule has 4 aromatic rings. The number of hydrogen-bond acceptors (Lipinski definition) is 8. The monoisotopic (exact) mass is 522 g/mol. The third-order valence-corrected chi connectivity index (χ3v) is 7.14. The van der Waals surface area contributed by atoms with Crippen LogP contribution in [0.25, 0.3) is 16.0 Å². The number of Topliss-reactive ketones (excluding diaryl/α,β-unsaturated/α-hetero) is 1. The van der Waals surface area contributed by atoms with Crippen LogP contribution in [0.15, 0.2) is 66.2 Å². The summed E-state index contributed by atoms with van der Waals surface area (Å²) < 4.78 is 11.3. The number of carbonyl (C=O) groups is 2. The predicted octanol–water partition coefficient (Wildman–Crippen LogP) is 5.30. The maximum absolute atomic E-state index is 13.4. The number of methoxy groups -OCH3 is 2. The van der Waals surface area contributed by atoms with Gasteiger partial charge in [-0.15, -0.1) is 0 Å². The van der Waals surface area contributed by atoms with Crippen LogP contribution in [0.2, 0.25) is 5.02 Å². The Morgan fingerprint density at radius 1 is 1.03 bits per heavy atom. The molecule has 182 valence electrons. The molecule has 1 amide bonds. The van der Waals surface area contributed by atoms with Crippen molar-refractivity contribution in [1.29, 1.82) is 0 Å². The van der Waals surface area contributed by atoms with Crippen molar-refractivity contribution in [2.24, 2.45) is 0 Å². The van der Waals surface area contributed by atoms with E-state index in [9.17, 15) is 19.8 Å². The molecule has 5 rings (SSSR count). The van der Waals surface area contributed by atoms with Gasteiger partial charge in [0.1, 0.15) is 11.5 Å². The topological polar surface area (TPSA) is 109 Å². The third-order valence-electron chi connectivity index (χ3n) is 5.87. The molecule has 0 radical (unpaired) electrons. The van der Waals surface area contributed by atoms with E-state index in [0.717, 1.165) is 4.70 Å². The lowest BCUT2D eigenvalue weighted by Gasteiger charge is -2.23. The lowest BCUT2D eigenvalue weighted by Crippen LogP contribution is -2.29. The summed E-state index contributed by atoms with van der Waals surface area (Å²) in [6.45, 7) is 0. The number of aromatic hydroxyl groups is 1. The van der Waals surface area contributed by atoms with Gasteiger partial charge in [0.2, 0.25) is 0 Å². The molecule has 1 aliphatic rings. The molecule has 1 aromatic heterocycles. The highest BCUT2D eigenvalue weighted by Gasteiger charge is 2.48. The highest BCUT2D eigenvalue weighted by atomic mass is 35.5. The maximum atomic E-state index is 13.4. The second-order valence-corrected chi connectivity index (χ2v) is 9.38. The largest absolute Gasteiger partial charge is 0.507 e. The Bertz CT molecular complexity index is 1550. The van der Waals surface area contributed by atoms with Crippen molar-refractivity contribution >= 4 is 55.7 Å². The zero-order chi connectivity index (χ0) is 25.6. The number of aliphatic hydroxyl groups is 1. The minimum absolute atomic E-state index is 0.108. The van der Waals surface area contributed by atoms with Crippen molar-refractivity contribution in [2.75, 3.05) is 19.1 Å². The van der Waals surface area contributed by atoms with E-state index in [4.69, 9.17) is 21.1 Å². The van der Waals surface area contributed by atoms with Gasteiger partial charge < -0.3 is 19.7 Å². The minimum Gasteiger partial charge on any atom is -0.507 e. The van der Waals surface area contributed by atoms with Gasteiger partial charge in [-0.1, -0.05) is 29.0 Å². The number of halogens is 1. The fourth-order valence-electron chi connectivity index (χ4n) is 4.10. The van der Waals surface area contributed by atoms with Gasteiger partial charge in [-0.05, 0) is 60.2 Å². The average molecular weight is 523 g/mol.